The van der Waals surface area contributed by atoms with Crippen LogP contribution in [0.3, 0.4) is 0 Å². The van der Waals surface area contributed by atoms with Crippen LogP contribution in [0.2, 0.25) is 6.32 Å². The van der Waals surface area contributed by atoms with Crippen LogP contribution in [0.5, 0.6) is 0 Å². The van der Waals surface area contributed by atoms with Crippen molar-refractivity contribution in [3.8, 4) is 0 Å². The summed E-state index contributed by atoms with van der Waals surface area (Å²) in [6.07, 6.45) is 0.380. The number of hydrogen-bond donors (Lipinski definition) is 5. The molecule has 6 nitrogen and oxygen atoms in total. The molecule has 1 aliphatic rings. The van der Waals surface area contributed by atoms with Gasteiger partial charge in [-0.15, -0.1) is 0 Å². The Hall–Kier alpha value is -0.625. The van der Waals surface area contributed by atoms with Crippen molar-refractivity contribution >= 4 is 13.1 Å². The Labute approximate surface area is 94.4 Å². The van der Waals surface area contributed by atoms with E-state index in [-0.39, 0.29) is 12.9 Å². The third-order valence-electron chi connectivity index (χ3n) is 3.36. The third kappa shape index (κ3) is 2.73. The van der Waals surface area contributed by atoms with Gasteiger partial charge in [0.15, 0.2) is 0 Å². The first-order valence-electron chi connectivity index (χ1n) is 5.38. The highest BCUT2D eigenvalue weighted by Crippen LogP contribution is 2.36. The quantitative estimate of drug-likeness (QED) is 0.375. The predicted molar refractivity (Wildman–Crippen MR) is 57.8 cm³/mol. The molecule has 0 aromatic heterocycles. The molecule has 1 rings (SSSR count). The Balaban J connectivity index is 2.60. The zero-order chi connectivity index (χ0) is 12.3. The van der Waals surface area contributed by atoms with Crippen LogP contribution < -0.4 is 5.32 Å². The molecule has 1 fully saturated rings. The van der Waals surface area contributed by atoms with Crippen molar-refractivity contribution in [3.63, 3.8) is 0 Å². The van der Waals surface area contributed by atoms with E-state index in [1.54, 1.807) is 6.92 Å². The van der Waals surface area contributed by atoms with E-state index in [0.717, 1.165) is 0 Å². The van der Waals surface area contributed by atoms with Gasteiger partial charge in [0, 0.05) is 12.0 Å². The molecule has 0 amide bonds. The number of aliphatic hydroxyl groups excluding tert-OH is 1. The highest BCUT2D eigenvalue weighted by Gasteiger charge is 2.49. The number of rotatable bonds is 5. The van der Waals surface area contributed by atoms with Crippen LogP contribution in [0.4, 0.5) is 0 Å². The minimum absolute atomic E-state index is 0.189. The summed E-state index contributed by atoms with van der Waals surface area (Å²) in [4.78, 5) is 11.0. The van der Waals surface area contributed by atoms with E-state index in [0.29, 0.717) is 12.8 Å². The van der Waals surface area contributed by atoms with E-state index in [1.165, 1.54) is 0 Å². The number of β-amino-alcohol motifs (C(OH)–C–C–N with tert-alkyl or cyclic N) is 1. The molecule has 92 valence electrons. The maximum atomic E-state index is 11.0. The fourth-order valence-corrected chi connectivity index (χ4v) is 2.23. The predicted octanol–water partition coefficient (Wildman–Crippen LogP) is -1.34. The van der Waals surface area contributed by atoms with Crippen LogP contribution in [0.1, 0.15) is 19.8 Å². The average molecular weight is 231 g/mol. The first-order chi connectivity index (χ1) is 7.38. The standard InChI is InChI=1S/C9H18BNO5/c1-9(3-2-4-10(15)16)6(12)5-11-7(9)8(13)14/h6-7,11-12,15-16H,2-5H2,1H3,(H,13,14)/t6?,7-,9-/m1/s1. The highest BCUT2D eigenvalue weighted by atomic mass is 16.4. The lowest BCUT2D eigenvalue weighted by Crippen LogP contribution is -2.44. The average Bonchev–Trinajstić information content (AvgIpc) is 2.43. The van der Waals surface area contributed by atoms with Gasteiger partial charge in [-0.05, 0) is 12.7 Å². The number of carbonyl (C=O) groups is 1. The second-order valence-corrected chi connectivity index (χ2v) is 4.57. The van der Waals surface area contributed by atoms with Gasteiger partial charge in [-0.3, -0.25) is 4.79 Å². The molecular weight excluding hydrogens is 213 g/mol. The van der Waals surface area contributed by atoms with Gasteiger partial charge in [0.25, 0.3) is 0 Å². The Kier molecular flexibility index (Phi) is 4.31. The van der Waals surface area contributed by atoms with Crippen LogP contribution in [0.25, 0.3) is 0 Å². The third-order valence-corrected chi connectivity index (χ3v) is 3.36. The molecule has 0 spiro atoms. The number of carboxylic acids is 1. The SMILES string of the molecule is C[C@@]1(CCCB(O)O)C(O)CN[C@@H]1C(=O)O. The zero-order valence-corrected chi connectivity index (χ0v) is 9.26. The van der Waals surface area contributed by atoms with E-state index in [1.807, 2.05) is 0 Å². The maximum Gasteiger partial charge on any atom is 0.451 e. The molecule has 0 aliphatic carbocycles. The van der Waals surface area contributed by atoms with Gasteiger partial charge < -0.3 is 25.6 Å². The van der Waals surface area contributed by atoms with Crippen LogP contribution in [-0.2, 0) is 4.79 Å². The first kappa shape index (κ1) is 13.4. The van der Waals surface area contributed by atoms with E-state index >= 15 is 0 Å². The summed E-state index contributed by atoms with van der Waals surface area (Å²) in [6, 6.07) is -0.779. The minimum atomic E-state index is -1.38. The van der Waals surface area contributed by atoms with Crippen molar-refractivity contribution in [2.24, 2.45) is 5.41 Å². The van der Waals surface area contributed by atoms with Crippen molar-refractivity contribution in [3.05, 3.63) is 0 Å². The van der Waals surface area contributed by atoms with Crippen molar-refractivity contribution in [2.75, 3.05) is 6.54 Å². The van der Waals surface area contributed by atoms with Crippen molar-refractivity contribution in [1.29, 1.82) is 0 Å². The minimum Gasteiger partial charge on any atom is -0.480 e. The van der Waals surface area contributed by atoms with Crippen LogP contribution >= 0.6 is 0 Å². The van der Waals surface area contributed by atoms with E-state index in [9.17, 15) is 9.90 Å². The number of nitrogens with one attached hydrogen (secondary N) is 1. The zero-order valence-electron chi connectivity index (χ0n) is 9.26. The van der Waals surface area contributed by atoms with E-state index < -0.39 is 30.6 Å². The normalized spacial score (nSPS) is 34.0. The fourth-order valence-electron chi connectivity index (χ4n) is 2.23. The number of carboxylic acid groups (broad SMARTS) is 1. The smallest absolute Gasteiger partial charge is 0.451 e. The molecule has 1 aliphatic heterocycles. The van der Waals surface area contributed by atoms with Gasteiger partial charge in [0.2, 0.25) is 0 Å². The number of aliphatic hydroxyl groups is 1. The van der Waals surface area contributed by atoms with E-state index in [2.05, 4.69) is 5.32 Å². The molecule has 1 saturated heterocycles. The van der Waals surface area contributed by atoms with Gasteiger partial charge in [-0.1, -0.05) is 13.3 Å². The Bertz CT molecular complexity index is 262. The molecule has 7 heteroatoms. The molecule has 0 bridgehead atoms. The molecule has 3 atom stereocenters. The Morgan fingerprint density at radius 1 is 1.56 bits per heavy atom. The van der Waals surface area contributed by atoms with Gasteiger partial charge in [0.05, 0.1) is 6.10 Å². The summed E-state index contributed by atoms with van der Waals surface area (Å²) in [5.41, 5.74) is -0.749. The highest BCUT2D eigenvalue weighted by molar-refractivity contribution is 6.40. The molecule has 1 unspecified atom stereocenters. The topological polar surface area (TPSA) is 110 Å². The van der Waals surface area contributed by atoms with Crippen molar-refractivity contribution in [2.45, 2.75) is 38.2 Å². The van der Waals surface area contributed by atoms with Crippen molar-refractivity contribution in [1.82, 2.24) is 5.32 Å². The maximum absolute atomic E-state index is 11.0. The van der Waals surface area contributed by atoms with Crippen LogP contribution in [0.15, 0.2) is 0 Å². The molecule has 16 heavy (non-hydrogen) atoms. The van der Waals surface area contributed by atoms with Gasteiger partial charge >= 0.3 is 13.1 Å². The number of hydrogen-bond acceptors (Lipinski definition) is 5. The molecular formula is C9H18BNO5. The number of aliphatic carboxylic acids is 1. The second-order valence-electron chi connectivity index (χ2n) is 4.57. The van der Waals surface area contributed by atoms with Gasteiger partial charge in [-0.25, -0.2) is 0 Å². The fraction of sp³-hybridized carbons (Fsp3) is 0.889. The Morgan fingerprint density at radius 2 is 2.19 bits per heavy atom. The van der Waals surface area contributed by atoms with Crippen LogP contribution in [0, 0.1) is 5.41 Å². The lowest BCUT2D eigenvalue weighted by atomic mass is 9.73. The second kappa shape index (κ2) is 5.14. The van der Waals surface area contributed by atoms with Gasteiger partial charge in [-0.2, -0.15) is 0 Å². The lowest BCUT2D eigenvalue weighted by molar-refractivity contribution is -0.143. The monoisotopic (exact) mass is 231 g/mol. The lowest BCUT2D eigenvalue weighted by Gasteiger charge is -2.31. The first-order valence-corrected chi connectivity index (χ1v) is 5.38. The Morgan fingerprint density at radius 3 is 2.69 bits per heavy atom. The molecule has 5 N–H and O–H groups in total. The van der Waals surface area contributed by atoms with Crippen LogP contribution in [-0.4, -0.2) is 52.0 Å². The summed E-state index contributed by atoms with van der Waals surface area (Å²) in [7, 11) is -1.38. The molecule has 0 aromatic carbocycles. The molecule has 1 heterocycles. The molecule has 0 saturated carbocycles. The summed E-state index contributed by atoms with van der Waals surface area (Å²) >= 11 is 0. The summed E-state index contributed by atoms with van der Waals surface area (Å²) < 4.78 is 0. The molecule has 0 aromatic rings. The van der Waals surface area contributed by atoms with E-state index in [4.69, 9.17) is 15.2 Å². The van der Waals surface area contributed by atoms with Crippen molar-refractivity contribution < 1.29 is 25.1 Å². The summed E-state index contributed by atoms with van der Waals surface area (Å²) in [5, 5.41) is 39.0. The summed E-state index contributed by atoms with van der Waals surface area (Å²) in [6.45, 7) is 1.97. The summed E-state index contributed by atoms with van der Waals surface area (Å²) in [5.74, 6) is -0.983. The van der Waals surface area contributed by atoms with Gasteiger partial charge in [0.1, 0.15) is 6.04 Å². The largest absolute Gasteiger partial charge is 0.480 e. The molecule has 0 radical (unpaired) electrons.